The summed E-state index contributed by atoms with van der Waals surface area (Å²) < 4.78 is 5.66. The highest BCUT2D eigenvalue weighted by Gasteiger charge is 2.22. The molecule has 1 N–H and O–H groups in total. The van der Waals surface area contributed by atoms with Gasteiger partial charge in [0.2, 0.25) is 0 Å². The Hall–Kier alpha value is -2.10. The molecule has 0 atom stereocenters. The second-order valence-electron chi connectivity index (χ2n) is 6.74. The quantitative estimate of drug-likeness (QED) is 0.854. The number of benzene rings is 1. The van der Waals surface area contributed by atoms with Crippen LogP contribution in [0.5, 0.6) is 5.75 Å². The Morgan fingerprint density at radius 3 is 2.42 bits per heavy atom. The summed E-state index contributed by atoms with van der Waals surface area (Å²) in [6.07, 6.45) is 7.91. The Morgan fingerprint density at radius 1 is 1.08 bits per heavy atom. The minimum atomic E-state index is 0.475. The molecule has 1 aliphatic carbocycles. The van der Waals surface area contributed by atoms with E-state index in [2.05, 4.69) is 53.4 Å². The zero-order valence-corrected chi connectivity index (χ0v) is 14.9. The molecule has 1 aromatic heterocycles. The first-order valence-corrected chi connectivity index (χ1v) is 8.93. The smallest absolute Gasteiger partial charge is 0.187 e. The second-order valence-corrected chi connectivity index (χ2v) is 6.74. The van der Waals surface area contributed by atoms with Gasteiger partial charge < -0.3 is 10.1 Å². The normalized spacial score (nSPS) is 20.6. The van der Waals surface area contributed by atoms with Crippen LogP contribution in [0.4, 0.5) is 5.82 Å². The van der Waals surface area contributed by atoms with Gasteiger partial charge in [-0.25, -0.2) is 9.97 Å². The number of nitrogens with zero attached hydrogens (tertiary/aromatic N) is 2. The Labute approximate surface area is 144 Å². The minimum absolute atomic E-state index is 0.475. The van der Waals surface area contributed by atoms with Crippen LogP contribution in [0.25, 0.3) is 11.3 Å². The van der Waals surface area contributed by atoms with Crippen LogP contribution in [0.3, 0.4) is 0 Å². The summed E-state index contributed by atoms with van der Waals surface area (Å²) in [5, 5.41) is 3.59. The number of hydrogen-bond acceptors (Lipinski definition) is 4. The van der Waals surface area contributed by atoms with E-state index in [1.54, 1.807) is 13.4 Å². The van der Waals surface area contributed by atoms with Crippen LogP contribution in [0.15, 0.2) is 30.6 Å². The topological polar surface area (TPSA) is 47.0 Å². The van der Waals surface area contributed by atoms with E-state index in [0.29, 0.717) is 6.04 Å². The van der Waals surface area contributed by atoms with Gasteiger partial charge in [0.05, 0.1) is 7.11 Å². The van der Waals surface area contributed by atoms with E-state index in [4.69, 9.17) is 4.74 Å². The number of rotatable bonds is 5. The van der Waals surface area contributed by atoms with Crippen molar-refractivity contribution in [2.75, 3.05) is 12.4 Å². The lowest BCUT2D eigenvalue weighted by Gasteiger charge is -2.29. The van der Waals surface area contributed by atoms with Crippen LogP contribution in [0.2, 0.25) is 0 Å². The molecule has 0 spiro atoms. The number of anilines is 1. The summed E-state index contributed by atoms with van der Waals surface area (Å²) in [6, 6.07) is 8.82. The number of nitrogens with one attached hydrogen (secondary N) is 1. The van der Waals surface area contributed by atoms with Crippen LogP contribution >= 0.6 is 0 Å². The first-order valence-electron chi connectivity index (χ1n) is 8.93. The fourth-order valence-electron chi connectivity index (χ4n) is 3.50. The van der Waals surface area contributed by atoms with Crippen molar-refractivity contribution in [1.82, 2.24) is 9.97 Å². The Bertz CT molecular complexity index is 661. The molecule has 1 aliphatic rings. The number of ether oxygens (including phenoxy) is 1. The molecular formula is C20H27N3O. The van der Waals surface area contributed by atoms with Gasteiger partial charge >= 0.3 is 0 Å². The lowest BCUT2D eigenvalue weighted by molar-refractivity contribution is 0.329. The molecule has 0 bridgehead atoms. The largest absolute Gasteiger partial charge is 0.491 e. The van der Waals surface area contributed by atoms with Gasteiger partial charge in [-0.1, -0.05) is 43.2 Å². The van der Waals surface area contributed by atoms with Gasteiger partial charge in [0.25, 0.3) is 0 Å². The van der Waals surface area contributed by atoms with E-state index in [1.165, 1.54) is 37.7 Å². The van der Waals surface area contributed by atoms with Crippen molar-refractivity contribution in [3.8, 4) is 17.0 Å². The molecule has 2 aromatic rings. The van der Waals surface area contributed by atoms with Crippen LogP contribution in [-0.2, 0) is 0 Å². The molecule has 1 heterocycles. The van der Waals surface area contributed by atoms with Crippen molar-refractivity contribution in [2.24, 2.45) is 5.92 Å². The maximum absolute atomic E-state index is 5.66. The third-order valence-corrected chi connectivity index (χ3v) is 5.10. The van der Waals surface area contributed by atoms with Crippen molar-refractivity contribution in [2.45, 2.75) is 52.0 Å². The molecule has 0 radical (unpaired) electrons. The van der Waals surface area contributed by atoms with Gasteiger partial charge in [0.1, 0.15) is 12.0 Å². The Kier molecular flexibility index (Phi) is 5.34. The van der Waals surface area contributed by atoms with E-state index in [0.717, 1.165) is 28.7 Å². The fourth-order valence-corrected chi connectivity index (χ4v) is 3.50. The van der Waals surface area contributed by atoms with Crippen molar-refractivity contribution in [3.05, 3.63) is 36.2 Å². The van der Waals surface area contributed by atoms with Crippen LogP contribution in [0, 0.1) is 12.8 Å². The average molecular weight is 325 g/mol. The third kappa shape index (κ3) is 3.69. The molecular weight excluding hydrogens is 298 g/mol. The van der Waals surface area contributed by atoms with Gasteiger partial charge in [-0.2, -0.15) is 0 Å². The highest BCUT2D eigenvalue weighted by molar-refractivity contribution is 5.72. The maximum Gasteiger partial charge on any atom is 0.187 e. The van der Waals surface area contributed by atoms with E-state index in [-0.39, 0.29) is 0 Å². The van der Waals surface area contributed by atoms with E-state index < -0.39 is 0 Å². The zero-order chi connectivity index (χ0) is 16.9. The van der Waals surface area contributed by atoms with E-state index >= 15 is 0 Å². The Morgan fingerprint density at radius 2 is 1.79 bits per heavy atom. The first-order chi connectivity index (χ1) is 11.7. The molecule has 0 amide bonds. The lowest BCUT2D eigenvalue weighted by atomic mass is 9.84. The predicted octanol–water partition coefficient (Wildman–Crippen LogP) is 4.84. The minimum Gasteiger partial charge on any atom is -0.491 e. The molecule has 4 nitrogen and oxygen atoms in total. The molecule has 3 rings (SSSR count). The number of aromatic nitrogens is 2. The standard InChI is InChI=1S/C20H27N3O/c1-4-15-7-11-17(12-8-15)23-20-19(24-3)18(21-13-22-20)16-9-5-14(2)6-10-16/h5-6,9-10,13,15,17H,4,7-8,11-12H2,1-3H3,(H,21,22,23)/t15-,17-. The number of hydrogen-bond donors (Lipinski definition) is 1. The Balaban J connectivity index is 1.81. The SMILES string of the molecule is CC[C@H]1CC[C@H](Nc2ncnc(-c3ccc(C)cc3)c2OC)CC1. The third-order valence-electron chi connectivity index (χ3n) is 5.10. The van der Waals surface area contributed by atoms with Gasteiger partial charge in [0, 0.05) is 11.6 Å². The van der Waals surface area contributed by atoms with Crippen LogP contribution in [-0.4, -0.2) is 23.1 Å². The van der Waals surface area contributed by atoms with Gasteiger partial charge in [0.15, 0.2) is 11.6 Å². The highest BCUT2D eigenvalue weighted by Crippen LogP contribution is 2.35. The van der Waals surface area contributed by atoms with Gasteiger partial charge in [-0.3, -0.25) is 0 Å². The summed E-state index contributed by atoms with van der Waals surface area (Å²) in [5.41, 5.74) is 3.13. The summed E-state index contributed by atoms with van der Waals surface area (Å²) >= 11 is 0. The van der Waals surface area contributed by atoms with Crippen molar-refractivity contribution >= 4 is 5.82 Å². The van der Waals surface area contributed by atoms with E-state index in [9.17, 15) is 0 Å². The second kappa shape index (κ2) is 7.65. The molecule has 24 heavy (non-hydrogen) atoms. The van der Waals surface area contributed by atoms with Crippen LogP contribution < -0.4 is 10.1 Å². The molecule has 1 saturated carbocycles. The summed E-state index contributed by atoms with van der Waals surface area (Å²) in [4.78, 5) is 8.89. The predicted molar refractivity (Wildman–Crippen MR) is 98.4 cm³/mol. The maximum atomic E-state index is 5.66. The highest BCUT2D eigenvalue weighted by atomic mass is 16.5. The molecule has 0 unspecified atom stereocenters. The van der Waals surface area contributed by atoms with Crippen molar-refractivity contribution in [3.63, 3.8) is 0 Å². The summed E-state index contributed by atoms with van der Waals surface area (Å²) in [7, 11) is 1.69. The average Bonchev–Trinajstić information content (AvgIpc) is 2.63. The van der Waals surface area contributed by atoms with Gasteiger partial charge in [-0.05, 0) is 38.5 Å². The van der Waals surface area contributed by atoms with Crippen molar-refractivity contribution < 1.29 is 4.74 Å². The summed E-state index contributed by atoms with van der Waals surface area (Å²) in [5.74, 6) is 2.43. The molecule has 1 aromatic carbocycles. The molecule has 0 aliphatic heterocycles. The molecule has 128 valence electrons. The monoisotopic (exact) mass is 325 g/mol. The fraction of sp³-hybridized carbons (Fsp3) is 0.500. The van der Waals surface area contributed by atoms with Gasteiger partial charge in [-0.15, -0.1) is 0 Å². The number of methoxy groups -OCH3 is 1. The molecule has 0 saturated heterocycles. The first kappa shape index (κ1) is 16.7. The molecule has 1 fully saturated rings. The van der Waals surface area contributed by atoms with Crippen molar-refractivity contribution in [1.29, 1.82) is 0 Å². The van der Waals surface area contributed by atoms with Crippen LogP contribution in [0.1, 0.15) is 44.6 Å². The summed E-state index contributed by atoms with van der Waals surface area (Å²) in [6.45, 7) is 4.38. The lowest BCUT2D eigenvalue weighted by Crippen LogP contribution is -2.26. The number of aryl methyl sites for hydroxylation is 1. The molecule has 4 heteroatoms. The van der Waals surface area contributed by atoms with E-state index in [1.807, 2.05) is 0 Å². The zero-order valence-electron chi connectivity index (χ0n) is 14.9.